The van der Waals surface area contributed by atoms with Crippen molar-refractivity contribution in [3.63, 3.8) is 0 Å². The van der Waals surface area contributed by atoms with Crippen LogP contribution in [0.3, 0.4) is 0 Å². The van der Waals surface area contributed by atoms with Gasteiger partial charge in [0.15, 0.2) is 16.6 Å². The monoisotopic (exact) mass is 455 g/mol. The number of hydrogen-bond donors (Lipinski definition) is 0. The molecule has 0 saturated carbocycles. The maximum atomic E-state index is 13.6. The molecule has 0 spiro atoms. The number of rotatable bonds is 4. The highest BCUT2D eigenvalue weighted by Crippen LogP contribution is 2.35. The van der Waals surface area contributed by atoms with Crippen LogP contribution in [0.1, 0.15) is 24.0 Å². The van der Waals surface area contributed by atoms with Gasteiger partial charge in [-0.15, -0.1) is 0 Å². The van der Waals surface area contributed by atoms with E-state index < -0.39 is 0 Å². The molecule has 1 atom stereocenters. The fraction of sp³-hybridized carbons (Fsp3) is 0.417. The van der Waals surface area contributed by atoms with Gasteiger partial charge in [-0.3, -0.25) is 4.79 Å². The summed E-state index contributed by atoms with van der Waals surface area (Å²) in [7, 11) is 3.27. The van der Waals surface area contributed by atoms with Crippen molar-refractivity contribution in [1.29, 1.82) is 0 Å². The molecule has 8 heteroatoms. The molecule has 0 aliphatic carbocycles. The van der Waals surface area contributed by atoms with E-state index >= 15 is 0 Å². The number of carbonyl (C=O) groups is 1. The molecule has 0 radical (unpaired) electrons. The lowest BCUT2D eigenvalue weighted by Gasteiger charge is -2.36. The van der Waals surface area contributed by atoms with Gasteiger partial charge in [0.25, 0.3) is 0 Å². The quantitative estimate of drug-likeness (QED) is 0.589. The van der Waals surface area contributed by atoms with Crippen molar-refractivity contribution >= 4 is 32.6 Å². The number of nitrogens with zero attached hydrogens (tertiary/aromatic N) is 3. The van der Waals surface area contributed by atoms with Crippen LogP contribution in [0.25, 0.3) is 10.2 Å². The predicted molar refractivity (Wildman–Crippen MR) is 123 cm³/mol. The molecule has 1 amide bonds. The Kier molecular flexibility index (Phi) is 5.63. The summed E-state index contributed by atoms with van der Waals surface area (Å²) in [5.74, 6) is 1.30. The minimum Gasteiger partial charge on any atom is -0.493 e. The van der Waals surface area contributed by atoms with Gasteiger partial charge in [-0.1, -0.05) is 11.3 Å². The second kappa shape index (κ2) is 8.58. The van der Waals surface area contributed by atoms with Crippen molar-refractivity contribution in [2.75, 3.05) is 38.8 Å². The molecule has 6 nitrogen and oxygen atoms in total. The number of amides is 1. The smallest absolute Gasteiger partial charge is 0.227 e. The number of fused-ring (bicyclic) bond motifs is 2. The van der Waals surface area contributed by atoms with Gasteiger partial charge in [-0.25, -0.2) is 9.37 Å². The topological polar surface area (TPSA) is 54.9 Å². The Hall–Kier alpha value is -2.87. The van der Waals surface area contributed by atoms with Crippen LogP contribution in [0.4, 0.5) is 9.52 Å². The zero-order valence-corrected chi connectivity index (χ0v) is 19.1. The zero-order valence-electron chi connectivity index (χ0n) is 18.3. The van der Waals surface area contributed by atoms with Gasteiger partial charge in [0.05, 0.1) is 30.4 Å². The van der Waals surface area contributed by atoms with Crippen molar-refractivity contribution in [1.82, 2.24) is 9.88 Å². The molecule has 1 aromatic heterocycles. The Morgan fingerprint density at radius 2 is 1.91 bits per heavy atom. The minimum absolute atomic E-state index is 0.0609. The van der Waals surface area contributed by atoms with E-state index in [1.807, 2.05) is 17.0 Å². The first-order chi connectivity index (χ1) is 15.6. The average molecular weight is 456 g/mol. The maximum Gasteiger partial charge on any atom is 0.227 e. The number of aromatic nitrogens is 1. The normalized spacial score (nSPS) is 18.5. The summed E-state index contributed by atoms with van der Waals surface area (Å²) >= 11 is 1.49. The van der Waals surface area contributed by atoms with E-state index in [0.29, 0.717) is 25.4 Å². The van der Waals surface area contributed by atoms with E-state index in [9.17, 15) is 9.18 Å². The number of benzene rings is 2. The number of halogens is 1. The summed E-state index contributed by atoms with van der Waals surface area (Å²) < 4.78 is 25.3. The molecule has 5 rings (SSSR count). The summed E-state index contributed by atoms with van der Waals surface area (Å²) in [5.41, 5.74) is 3.12. The lowest BCUT2D eigenvalue weighted by Crippen LogP contribution is -2.46. The lowest BCUT2D eigenvalue weighted by atomic mass is 9.94. The van der Waals surface area contributed by atoms with Crippen LogP contribution in [0.5, 0.6) is 11.5 Å². The summed E-state index contributed by atoms with van der Waals surface area (Å²) in [6, 6.07) is 8.69. The standard InChI is InChI=1S/C24H26FN3O3S/c1-30-20-10-15-7-9-27(14-17(15)11-21(20)31-2)23(29)16-4-3-8-28(13-16)24-26-19-6-5-18(25)12-22(19)32-24/h5-6,10-12,16H,3-4,7-9,13-14H2,1-2H3. The number of anilines is 1. The van der Waals surface area contributed by atoms with Crippen LogP contribution in [0.15, 0.2) is 30.3 Å². The van der Waals surface area contributed by atoms with Crippen LogP contribution >= 0.6 is 11.3 Å². The summed E-state index contributed by atoms with van der Waals surface area (Å²) in [4.78, 5) is 22.2. The summed E-state index contributed by atoms with van der Waals surface area (Å²) in [6.45, 7) is 2.81. The first-order valence-corrected chi connectivity index (χ1v) is 11.7. The molecule has 3 heterocycles. The number of methoxy groups -OCH3 is 2. The molecule has 0 N–H and O–H groups in total. The highest BCUT2D eigenvalue weighted by Gasteiger charge is 2.32. The van der Waals surface area contributed by atoms with E-state index in [1.165, 1.54) is 29.0 Å². The number of piperidine rings is 1. The molecule has 32 heavy (non-hydrogen) atoms. The Morgan fingerprint density at radius 1 is 1.12 bits per heavy atom. The van der Waals surface area contributed by atoms with E-state index in [0.717, 1.165) is 52.5 Å². The van der Waals surface area contributed by atoms with Crippen LogP contribution in [-0.4, -0.2) is 49.6 Å². The third-order valence-corrected chi connectivity index (χ3v) is 7.49. The molecule has 2 aliphatic rings. The highest BCUT2D eigenvalue weighted by molar-refractivity contribution is 7.22. The Balaban J connectivity index is 1.31. The first-order valence-electron chi connectivity index (χ1n) is 10.9. The summed E-state index contributed by atoms with van der Waals surface area (Å²) in [6.07, 6.45) is 2.63. The number of thiazole rings is 1. The van der Waals surface area contributed by atoms with Crippen LogP contribution < -0.4 is 14.4 Å². The van der Waals surface area contributed by atoms with Gasteiger partial charge in [-0.05, 0) is 60.7 Å². The lowest BCUT2D eigenvalue weighted by molar-refractivity contribution is -0.136. The van der Waals surface area contributed by atoms with Gasteiger partial charge in [0.1, 0.15) is 5.82 Å². The van der Waals surface area contributed by atoms with Crippen molar-refractivity contribution in [3.8, 4) is 11.5 Å². The van der Waals surface area contributed by atoms with Gasteiger partial charge in [-0.2, -0.15) is 0 Å². The molecular weight excluding hydrogens is 429 g/mol. The fourth-order valence-electron chi connectivity index (χ4n) is 4.70. The Labute approximate surface area is 190 Å². The maximum absolute atomic E-state index is 13.6. The Morgan fingerprint density at radius 3 is 2.69 bits per heavy atom. The molecule has 0 bridgehead atoms. The van der Waals surface area contributed by atoms with Gasteiger partial charge in [0, 0.05) is 26.2 Å². The molecule has 3 aromatic rings. The number of hydrogen-bond acceptors (Lipinski definition) is 6. The number of carbonyl (C=O) groups excluding carboxylic acids is 1. The fourth-order valence-corrected chi connectivity index (χ4v) is 5.73. The van der Waals surface area contributed by atoms with Crippen molar-refractivity contribution in [2.45, 2.75) is 25.8 Å². The first kappa shape index (κ1) is 21.0. The van der Waals surface area contributed by atoms with Gasteiger partial charge < -0.3 is 19.3 Å². The van der Waals surface area contributed by atoms with Crippen LogP contribution in [0, 0.1) is 11.7 Å². The molecule has 1 saturated heterocycles. The summed E-state index contributed by atoms with van der Waals surface area (Å²) in [5, 5.41) is 0.865. The molecular formula is C24H26FN3O3S. The molecule has 1 unspecified atom stereocenters. The van der Waals surface area contributed by atoms with E-state index in [-0.39, 0.29) is 17.6 Å². The van der Waals surface area contributed by atoms with E-state index in [4.69, 9.17) is 9.47 Å². The van der Waals surface area contributed by atoms with Crippen LogP contribution in [-0.2, 0) is 17.8 Å². The van der Waals surface area contributed by atoms with Gasteiger partial charge >= 0.3 is 0 Å². The van der Waals surface area contributed by atoms with Crippen molar-refractivity contribution < 1.29 is 18.7 Å². The SMILES string of the molecule is COc1cc2c(cc1OC)CN(C(=O)C1CCCN(c3nc4ccc(F)cc4s3)C1)CC2. The largest absolute Gasteiger partial charge is 0.493 e. The molecule has 2 aliphatic heterocycles. The number of ether oxygens (including phenoxy) is 2. The highest BCUT2D eigenvalue weighted by atomic mass is 32.1. The third kappa shape index (κ3) is 3.88. The van der Waals surface area contributed by atoms with Crippen molar-refractivity contribution in [2.24, 2.45) is 5.92 Å². The van der Waals surface area contributed by atoms with Crippen molar-refractivity contribution in [3.05, 3.63) is 47.3 Å². The molecule has 1 fully saturated rings. The minimum atomic E-state index is -0.251. The zero-order chi connectivity index (χ0) is 22.2. The average Bonchev–Trinajstić information content (AvgIpc) is 3.25. The second-order valence-corrected chi connectivity index (χ2v) is 9.39. The Bertz CT molecular complexity index is 1160. The van der Waals surface area contributed by atoms with Crippen LogP contribution in [0.2, 0.25) is 0 Å². The molecule has 2 aromatic carbocycles. The van der Waals surface area contributed by atoms with Gasteiger partial charge in [0.2, 0.25) is 5.91 Å². The predicted octanol–water partition coefficient (Wildman–Crippen LogP) is 4.25. The molecule has 168 valence electrons. The third-order valence-electron chi connectivity index (χ3n) is 6.41. The van der Waals surface area contributed by atoms with E-state index in [2.05, 4.69) is 9.88 Å². The second-order valence-electron chi connectivity index (χ2n) is 8.38. The van der Waals surface area contributed by atoms with E-state index in [1.54, 1.807) is 20.3 Å².